The van der Waals surface area contributed by atoms with E-state index in [1.165, 1.54) is 17.0 Å². The van der Waals surface area contributed by atoms with E-state index in [1.54, 1.807) is 34.8 Å². The number of benzene rings is 1. The smallest absolute Gasteiger partial charge is 0.315 e. The van der Waals surface area contributed by atoms with Gasteiger partial charge in [0.15, 0.2) is 0 Å². The fourth-order valence-electron chi connectivity index (χ4n) is 2.37. The van der Waals surface area contributed by atoms with E-state index < -0.39 is 0 Å². The van der Waals surface area contributed by atoms with Crippen molar-refractivity contribution in [3.05, 3.63) is 80.4 Å². The van der Waals surface area contributed by atoms with E-state index in [4.69, 9.17) is 0 Å². The molecule has 0 aliphatic rings. The minimum absolute atomic E-state index is 0.228. The third kappa shape index (κ3) is 4.43. The van der Waals surface area contributed by atoms with Crippen LogP contribution in [0.5, 0.6) is 0 Å². The summed E-state index contributed by atoms with van der Waals surface area (Å²) in [5, 5.41) is 9.84. The molecule has 0 aliphatic carbocycles. The summed E-state index contributed by atoms with van der Waals surface area (Å²) in [4.78, 5) is 14.5. The van der Waals surface area contributed by atoms with Gasteiger partial charge in [0, 0.05) is 16.3 Å². The van der Waals surface area contributed by atoms with E-state index in [0.717, 1.165) is 16.9 Å². The SMILES string of the molecule is O=C(NCCc1cccs1)NC(c1ccc(F)cc1)c1cccs1. The molecule has 0 saturated heterocycles. The van der Waals surface area contributed by atoms with Crippen LogP contribution in [0.4, 0.5) is 9.18 Å². The molecule has 124 valence electrons. The Balaban J connectivity index is 1.63. The van der Waals surface area contributed by atoms with E-state index in [-0.39, 0.29) is 17.9 Å². The quantitative estimate of drug-likeness (QED) is 0.664. The average Bonchev–Trinajstić information content (AvgIpc) is 3.27. The van der Waals surface area contributed by atoms with E-state index in [9.17, 15) is 9.18 Å². The molecule has 0 saturated carbocycles. The van der Waals surface area contributed by atoms with E-state index in [1.807, 2.05) is 29.0 Å². The van der Waals surface area contributed by atoms with Gasteiger partial charge in [0.1, 0.15) is 5.82 Å². The van der Waals surface area contributed by atoms with Crippen molar-refractivity contribution < 1.29 is 9.18 Å². The van der Waals surface area contributed by atoms with Crippen molar-refractivity contribution in [2.45, 2.75) is 12.5 Å². The number of hydrogen-bond donors (Lipinski definition) is 2. The normalized spacial score (nSPS) is 11.9. The summed E-state index contributed by atoms with van der Waals surface area (Å²) in [5.74, 6) is -0.288. The molecule has 2 amide bonds. The number of urea groups is 1. The number of thiophene rings is 2. The number of halogens is 1. The Morgan fingerprint density at radius 2 is 1.79 bits per heavy atom. The van der Waals surface area contributed by atoms with Crippen molar-refractivity contribution in [3.8, 4) is 0 Å². The lowest BCUT2D eigenvalue weighted by atomic mass is 10.1. The van der Waals surface area contributed by atoms with Crippen LogP contribution in [-0.2, 0) is 6.42 Å². The van der Waals surface area contributed by atoms with Crippen LogP contribution in [-0.4, -0.2) is 12.6 Å². The molecule has 0 fully saturated rings. The van der Waals surface area contributed by atoms with Crippen LogP contribution in [0, 0.1) is 5.82 Å². The van der Waals surface area contributed by atoms with Crippen molar-refractivity contribution in [1.29, 1.82) is 0 Å². The van der Waals surface area contributed by atoms with Crippen molar-refractivity contribution in [2.75, 3.05) is 6.54 Å². The van der Waals surface area contributed by atoms with Crippen LogP contribution in [0.15, 0.2) is 59.3 Å². The van der Waals surface area contributed by atoms with Gasteiger partial charge < -0.3 is 10.6 Å². The van der Waals surface area contributed by atoms with Crippen molar-refractivity contribution in [2.24, 2.45) is 0 Å². The fourth-order valence-corrected chi connectivity index (χ4v) is 3.88. The van der Waals surface area contributed by atoms with E-state index in [2.05, 4.69) is 16.7 Å². The fraction of sp³-hybridized carbons (Fsp3) is 0.167. The minimum Gasteiger partial charge on any atom is -0.338 e. The highest BCUT2D eigenvalue weighted by molar-refractivity contribution is 7.10. The third-order valence-corrected chi connectivity index (χ3v) is 5.42. The van der Waals surface area contributed by atoms with Crippen molar-refractivity contribution in [3.63, 3.8) is 0 Å². The maximum atomic E-state index is 13.2. The summed E-state index contributed by atoms with van der Waals surface area (Å²) in [6, 6.07) is 13.7. The summed E-state index contributed by atoms with van der Waals surface area (Å²) >= 11 is 3.24. The van der Waals surface area contributed by atoms with Gasteiger partial charge in [-0.25, -0.2) is 9.18 Å². The Bertz CT molecular complexity index is 755. The molecule has 2 N–H and O–H groups in total. The Labute approximate surface area is 148 Å². The first-order valence-electron chi connectivity index (χ1n) is 7.58. The molecular formula is C18H17FN2OS2. The molecule has 3 nitrogen and oxygen atoms in total. The molecule has 6 heteroatoms. The van der Waals surface area contributed by atoms with E-state index >= 15 is 0 Å². The van der Waals surface area contributed by atoms with Crippen LogP contribution in [0.2, 0.25) is 0 Å². The molecule has 3 aromatic rings. The topological polar surface area (TPSA) is 41.1 Å². The second kappa shape index (κ2) is 8.08. The first-order valence-corrected chi connectivity index (χ1v) is 9.34. The summed E-state index contributed by atoms with van der Waals surface area (Å²) in [6.07, 6.45) is 0.811. The number of rotatable bonds is 6. The van der Waals surface area contributed by atoms with Crippen LogP contribution in [0.1, 0.15) is 21.4 Å². The summed E-state index contributed by atoms with van der Waals surface area (Å²) in [6.45, 7) is 0.576. The highest BCUT2D eigenvalue weighted by atomic mass is 32.1. The first kappa shape index (κ1) is 16.7. The number of carbonyl (C=O) groups is 1. The Hall–Kier alpha value is -2.18. The van der Waals surface area contributed by atoms with Gasteiger partial charge in [0.05, 0.1) is 6.04 Å². The number of amides is 2. The number of nitrogens with one attached hydrogen (secondary N) is 2. The molecule has 24 heavy (non-hydrogen) atoms. The Morgan fingerprint density at radius 1 is 1.04 bits per heavy atom. The van der Waals surface area contributed by atoms with E-state index in [0.29, 0.717) is 6.54 Å². The molecule has 2 aromatic heterocycles. The van der Waals surface area contributed by atoms with Gasteiger partial charge in [0.25, 0.3) is 0 Å². The maximum Gasteiger partial charge on any atom is 0.315 e. The third-order valence-electron chi connectivity index (χ3n) is 3.54. The molecule has 0 radical (unpaired) electrons. The molecule has 2 heterocycles. The molecule has 0 bridgehead atoms. The molecule has 0 spiro atoms. The van der Waals surface area contributed by atoms with Gasteiger partial charge in [-0.15, -0.1) is 22.7 Å². The average molecular weight is 360 g/mol. The van der Waals surface area contributed by atoms with Gasteiger partial charge in [-0.05, 0) is 47.0 Å². The molecule has 1 aromatic carbocycles. The van der Waals surface area contributed by atoms with Gasteiger partial charge >= 0.3 is 6.03 Å². The second-order valence-corrected chi connectivity index (χ2v) is 7.24. The summed E-state index contributed by atoms with van der Waals surface area (Å²) in [5.41, 5.74) is 0.854. The minimum atomic E-state index is -0.288. The van der Waals surface area contributed by atoms with Crippen LogP contribution < -0.4 is 10.6 Å². The zero-order valence-electron chi connectivity index (χ0n) is 12.9. The largest absolute Gasteiger partial charge is 0.338 e. The highest BCUT2D eigenvalue weighted by Gasteiger charge is 2.17. The maximum absolute atomic E-state index is 13.2. The lowest BCUT2D eigenvalue weighted by molar-refractivity contribution is 0.239. The molecule has 1 unspecified atom stereocenters. The first-order chi connectivity index (χ1) is 11.7. The van der Waals surface area contributed by atoms with Crippen LogP contribution in [0.3, 0.4) is 0 Å². The molecular weight excluding hydrogens is 343 g/mol. The Morgan fingerprint density at radius 3 is 2.46 bits per heavy atom. The Kier molecular flexibility index (Phi) is 5.61. The molecule has 3 rings (SSSR count). The van der Waals surface area contributed by atoms with Crippen LogP contribution >= 0.6 is 22.7 Å². The molecule has 0 aliphatic heterocycles. The van der Waals surface area contributed by atoms with Crippen molar-refractivity contribution in [1.82, 2.24) is 10.6 Å². The summed E-state index contributed by atoms with van der Waals surface area (Å²) in [7, 11) is 0. The van der Waals surface area contributed by atoms with Gasteiger partial charge in [0.2, 0.25) is 0 Å². The lowest BCUT2D eigenvalue weighted by Crippen LogP contribution is -2.39. The lowest BCUT2D eigenvalue weighted by Gasteiger charge is -2.18. The molecule has 1 atom stereocenters. The monoisotopic (exact) mass is 360 g/mol. The highest BCUT2D eigenvalue weighted by Crippen LogP contribution is 2.26. The zero-order valence-corrected chi connectivity index (χ0v) is 14.5. The number of hydrogen-bond acceptors (Lipinski definition) is 3. The second-order valence-electron chi connectivity index (χ2n) is 5.23. The summed E-state index contributed by atoms with van der Waals surface area (Å²) < 4.78 is 13.2. The van der Waals surface area contributed by atoms with Crippen molar-refractivity contribution >= 4 is 28.7 Å². The number of carbonyl (C=O) groups excluding carboxylic acids is 1. The predicted molar refractivity (Wildman–Crippen MR) is 97.1 cm³/mol. The van der Waals surface area contributed by atoms with Gasteiger partial charge in [-0.2, -0.15) is 0 Å². The predicted octanol–water partition coefficient (Wildman–Crippen LogP) is 4.58. The van der Waals surface area contributed by atoms with Gasteiger partial charge in [-0.1, -0.05) is 24.3 Å². The zero-order chi connectivity index (χ0) is 16.8. The van der Waals surface area contributed by atoms with Gasteiger partial charge in [-0.3, -0.25) is 0 Å². The van der Waals surface area contributed by atoms with Crippen LogP contribution in [0.25, 0.3) is 0 Å². The standard InChI is InChI=1S/C18H17FN2OS2/c19-14-7-5-13(6-8-14)17(16-4-2-12-24-16)21-18(22)20-10-9-15-3-1-11-23-15/h1-8,11-12,17H,9-10H2,(H2,20,21,22).